The highest BCUT2D eigenvalue weighted by Gasteiger charge is 2.33. The maximum Gasteiger partial charge on any atom is 0.243 e. The molecular formula is C41H61N9O7S2. The van der Waals surface area contributed by atoms with Crippen LogP contribution in [0.15, 0.2) is 54.7 Å². The SMILES string of the molecule is CSCCC(NC(=O)C(Cc1ccc(O)cc1)NC(=O)C(CCCCN)NC(=O)C(N)Cc1c[nH]c2ccccc12)C(=O)NC(C(=O)N[C@H](CCSC)C(N)=O)C(C)C. The Morgan fingerprint density at radius 1 is 0.695 bits per heavy atom. The number of fused-ring (bicyclic) bond motifs is 1. The van der Waals surface area contributed by atoms with E-state index in [1.54, 1.807) is 32.2 Å². The molecule has 0 aliphatic carbocycles. The highest BCUT2D eigenvalue weighted by Crippen LogP contribution is 2.19. The molecule has 324 valence electrons. The maximum atomic E-state index is 14.2. The lowest BCUT2D eigenvalue weighted by Crippen LogP contribution is -2.60. The number of phenols is 1. The number of amides is 6. The van der Waals surface area contributed by atoms with E-state index in [4.69, 9.17) is 17.2 Å². The summed E-state index contributed by atoms with van der Waals surface area (Å²) < 4.78 is 0. The van der Waals surface area contributed by atoms with Crippen LogP contribution in [0.25, 0.3) is 10.9 Å². The molecule has 2 aromatic carbocycles. The van der Waals surface area contributed by atoms with E-state index in [0.29, 0.717) is 42.9 Å². The number of rotatable bonds is 26. The van der Waals surface area contributed by atoms with E-state index in [0.717, 1.165) is 16.5 Å². The Morgan fingerprint density at radius 3 is 1.88 bits per heavy atom. The summed E-state index contributed by atoms with van der Waals surface area (Å²) in [6, 6.07) is 7.36. The minimum Gasteiger partial charge on any atom is -0.508 e. The summed E-state index contributed by atoms with van der Waals surface area (Å²) in [7, 11) is 0. The van der Waals surface area contributed by atoms with Crippen LogP contribution in [0, 0.1) is 5.92 Å². The maximum absolute atomic E-state index is 14.2. The van der Waals surface area contributed by atoms with Gasteiger partial charge >= 0.3 is 0 Å². The zero-order valence-corrected chi connectivity index (χ0v) is 35.9. The summed E-state index contributed by atoms with van der Waals surface area (Å²) in [4.78, 5) is 84.2. The number of phenolic OH excluding ortho intramolecular Hbond substituents is 1. The van der Waals surface area contributed by atoms with E-state index in [9.17, 15) is 33.9 Å². The van der Waals surface area contributed by atoms with Gasteiger partial charge in [0.05, 0.1) is 6.04 Å². The number of unbranched alkanes of at least 4 members (excludes halogenated alkanes) is 1. The summed E-state index contributed by atoms with van der Waals surface area (Å²) in [5.41, 5.74) is 20.0. The van der Waals surface area contributed by atoms with Crippen LogP contribution in [0.5, 0.6) is 5.75 Å². The number of hydrogen-bond donors (Lipinski definition) is 10. The smallest absolute Gasteiger partial charge is 0.243 e. The molecule has 5 unspecified atom stereocenters. The Labute approximate surface area is 354 Å². The summed E-state index contributed by atoms with van der Waals surface area (Å²) in [6.45, 7) is 3.85. The van der Waals surface area contributed by atoms with Gasteiger partial charge in [0.1, 0.15) is 36.0 Å². The number of thioether (sulfide) groups is 2. The van der Waals surface area contributed by atoms with Gasteiger partial charge in [-0.2, -0.15) is 23.5 Å². The van der Waals surface area contributed by atoms with Crippen LogP contribution in [0.4, 0.5) is 0 Å². The van der Waals surface area contributed by atoms with Gasteiger partial charge in [-0.15, -0.1) is 0 Å². The lowest BCUT2D eigenvalue weighted by atomic mass is 10.0. The quantitative estimate of drug-likeness (QED) is 0.0512. The highest BCUT2D eigenvalue weighted by atomic mass is 32.2. The van der Waals surface area contributed by atoms with E-state index in [2.05, 4.69) is 31.6 Å². The predicted octanol–water partition coefficient (Wildman–Crippen LogP) is 1.19. The lowest BCUT2D eigenvalue weighted by molar-refractivity contribution is -0.135. The summed E-state index contributed by atoms with van der Waals surface area (Å²) in [6.07, 6.45) is 7.50. The number of aromatic hydroxyl groups is 1. The summed E-state index contributed by atoms with van der Waals surface area (Å²) >= 11 is 2.95. The van der Waals surface area contributed by atoms with Crippen LogP contribution in [0.2, 0.25) is 0 Å². The molecule has 0 saturated carbocycles. The molecule has 0 saturated heterocycles. The van der Waals surface area contributed by atoms with Crippen LogP contribution in [-0.4, -0.2) is 112 Å². The molecule has 0 aliphatic heterocycles. The van der Waals surface area contributed by atoms with Gasteiger partial charge in [0.25, 0.3) is 0 Å². The fourth-order valence-corrected chi connectivity index (χ4v) is 7.31. The van der Waals surface area contributed by atoms with Crippen LogP contribution < -0.4 is 43.8 Å². The van der Waals surface area contributed by atoms with Crippen LogP contribution in [0.1, 0.15) is 57.1 Å². The summed E-state index contributed by atoms with van der Waals surface area (Å²) in [5, 5.41) is 24.6. The molecule has 59 heavy (non-hydrogen) atoms. The second-order valence-electron chi connectivity index (χ2n) is 14.8. The van der Waals surface area contributed by atoms with Crippen molar-refractivity contribution >= 4 is 69.9 Å². The molecule has 6 atom stereocenters. The molecule has 0 spiro atoms. The fourth-order valence-electron chi connectivity index (χ4n) is 6.37. The molecule has 13 N–H and O–H groups in total. The van der Waals surface area contributed by atoms with Gasteiger partial charge in [0, 0.05) is 23.5 Å². The van der Waals surface area contributed by atoms with Gasteiger partial charge in [-0.05, 0) is 104 Å². The Morgan fingerprint density at radius 2 is 1.25 bits per heavy atom. The highest BCUT2D eigenvalue weighted by molar-refractivity contribution is 7.98. The van der Waals surface area contributed by atoms with Crippen LogP contribution in [-0.2, 0) is 41.6 Å². The molecule has 3 aromatic rings. The molecule has 0 fully saturated rings. The van der Waals surface area contributed by atoms with Gasteiger partial charge in [-0.25, -0.2) is 0 Å². The molecule has 0 radical (unpaired) electrons. The molecule has 0 aliphatic rings. The second kappa shape index (κ2) is 25.0. The number of nitrogens with two attached hydrogens (primary N) is 3. The number of hydrogen-bond acceptors (Lipinski definition) is 11. The van der Waals surface area contributed by atoms with Crippen molar-refractivity contribution in [1.82, 2.24) is 31.6 Å². The number of carbonyl (C=O) groups excluding carboxylic acids is 6. The van der Waals surface area contributed by atoms with E-state index in [1.807, 2.05) is 36.8 Å². The van der Waals surface area contributed by atoms with Gasteiger partial charge in [-0.3, -0.25) is 28.8 Å². The zero-order valence-electron chi connectivity index (χ0n) is 34.3. The minimum absolute atomic E-state index is 0.00869. The molecule has 3 rings (SSSR count). The second-order valence-corrected chi connectivity index (χ2v) is 16.7. The number of nitrogens with one attached hydrogen (secondary N) is 6. The van der Waals surface area contributed by atoms with Crippen molar-refractivity contribution in [3.63, 3.8) is 0 Å². The largest absolute Gasteiger partial charge is 0.508 e. The predicted molar refractivity (Wildman–Crippen MR) is 234 cm³/mol. The third-order valence-electron chi connectivity index (χ3n) is 9.80. The fraction of sp³-hybridized carbons (Fsp3) is 0.512. The third kappa shape index (κ3) is 15.7. The lowest BCUT2D eigenvalue weighted by Gasteiger charge is -2.28. The minimum atomic E-state index is -1.23. The van der Waals surface area contributed by atoms with E-state index in [-0.39, 0.29) is 31.4 Å². The Bertz CT molecular complexity index is 1840. The number of carbonyl (C=O) groups is 6. The Kier molecular flexibility index (Phi) is 20.6. The van der Waals surface area contributed by atoms with Crippen molar-refractivity contribution in [3.05, 3.63) is 65.9 Å². The number of aromatic nitrogens is 1. The van der Waals surface area contributed by atoms with Crippen molar-refractivity contribution < 1.29 is 33.9 Å². The Balaban J connectivity index is 1.84. The first-order valence-electron chi connectivity index (χ1n) is 19.8. The number of primary amides is 1. The topological polar surface area (TPSA) is 277 Å². The van der Waals surface area contributed by atoms with Crippen molar-refractivity contribution in [2.75, 3.05) is 30.6 Å². The van der Waals surface area contributed by atoms with Gasteiger partial charge in [-0.1, -0.05) is 44.2 Å². The van der Waals surface area contributed by atoms with Crippen LogP contribution in [0.3, 0.4) is 0 Å². The number of H-pyrrole nitrogens is 1. The molecule has 6 amide bonds. The summed E-state index contributed by atoms with van der Waals surface area (Å²) in [5.74, 6) is -3.12. The average Bonchev–Trinajstić information content (AvgIpc) is 3.61. The molecule has 16 nitrogen and oxygen atoms in total. The van der Waals surface area contributed by atoms with Gasteiger partial charge in [0.15, 0.2) is 0 Å². The van der Waals surface area contributed by atoms with Crippen LogP contribution >= 0.6 is 23.5 Å². The van der Waals surface area contributed by atoms with Crippen molar-refractivity contribution in [2.45, 2.75) is 95.0 Å². The number of aromatic amines is 1. The van der Waals surface area contributed by atoms with E-state index < -0.39 is 77.6 Å². The molecule has 0 bridgehead atoms. The molecule has 1 heterocycles. The van der Waals surface area contributed by atoms with E-state index >= 15 is 0 Å². The average molecular weight is 856 g/mol. The first-order chi connectivity index (χ1) is 28.2. The molecule has 1 aromatic heterocycles. The number of para-hydroxylation sites is 1. The first kappa shape index (κ1) is 48.6. The third-order valence-corrected chi connectivity index (χ3v) is 11.1. The van der Waals surface area contributed by atoms with Crippen molar-refractivity contribution in [3.8, 4) is 5.75 Å². The monoisotopic (exact) mass is 855 g/mol. The Hall–Kier alpha value is -4.78. The normalized spacial score (nSPS) is 14.4. The molecular weight excluding hydrogens is 795 g/mol. The van der Waals surface area contributed by atoms with Crippen molar-refractivity contribution in [2.24, 2.45) is 23.1 Å². The van der Waals surface area contributed by atoms with Gasteiger partial charge < -0.3 is 53.9 Å². The van der Waals surface area contributed by atoms with E-state index in [1.165, 1.54) is 35.7 Å². The standard InChI is InChI=1S/C41H61N9O7S2/c1-24(2)35(41(57)46-31(36(44)52)16-19-58-3)50-39(55)33(17-20-59-4)48-40(56)34(21-25-12-14-27(51)15-13-25)49-38(54)32(11-7-8-18-42)47-37(53)29(43)22-26-23-45-30-10-6-5-9-28(26)30/h5-6,9-10,12-15,23-24,29,31-35,45,51H,7-8,11,16-22,42-43H2,1-4H3,(H2,44,52)(H,46,57)(H,47,53)(H,48,56)(H,49,54)(H,50,55)/t29?,31-,32?,33?,34?,35?/m1/s1. The first-order valence-corrected chi connectivity index (χ1v) is 22.5. The number of benzene rings is 2. The molecule has 18 heteroatoms. The van der Waals surface area contributed by atoms with Gasteiger partial charge in [0.2, 0.25) is 35.4 Å². The zero-order chi connectivity index (χ0) is 43.5. The van der Waals surface area contributed by atoms with Crippen molar-refractivity contribution in [1.29, 1.82) is 0 Å².